The van der Waals surface area contributed by atoms with Gasteiger partial charge >= 0.3 is 0 Å². The molecule has 3 aromatic carbocycles. The van der Waals surface area contributed by atoms with Crippen LogP contribution >= 0.6 is 0 Å². The molecular weight excluding hydrogens is 479 g/mol. The first-order chi connectivity index (χ1) is 18.7. The zero-order chi connectivity index (χ0) is 29.3. The van der Waals surface area contributed by atoms with Gasteiger partial charge in [-0.25, -0.2) is 0 Å². The third kappa shape index (κ3) is 4.19. The molecule has 2 heterocycles. The fourth-order valence-corrected chi connectivity index (χ4v) is 4.89. The van der Waals surface area contributed by atoms with Crippen molar-refractivity contribution in [3.63, 3.8) is 0 Å². The Morgan fingerprint density at radius 3 is 1.95 bits per heavy atom. The molecule has 40 heavy (non-hydrogen) atoms. The molecule has 0 aliphatic heterocycles. The van der Waals surface area contributed by atoms with Crippen LogP contribution in [0.15, 0.2) is 46.9 Å². The minimum absolute atomic E-state index is 0.0711. The van der Waals surface area contributed by atoms with Gasteiger partial charge in [-0.1, -0.05) is 54.6 Å². The van der Waals surface area contributed by atoms with Crippen molar-refractivity contribution in [1.82, 2.24) is 4.98 Å². The monoisotopic (exact) mass is 496 g/mol. The summed E-state index contributed by atoms with van der Waals surface area (Å²) in [4.78, 5) is 4.56. The molecule has 16 radical (unpaired) electrons. The number of pyridine rings is 1. The molecule has 0 unspecified atom stereocenters. The molecule has 0 saturated heterocycles. The summed E-state index contributed by atoms with van der Waals surface area (Å²) in [7, 11) is 50.4. The standard InChI is InChI=1S/C29H16B8N2O/c1-28(2,3)29(36,37)13-9-17(39-18(30)10-13)16-6-4-5-14-15-8-7-12(11-38)19(27(15)40-26(14)16)20-21(31)23(33)25(35)24(34)22(20)32/h4-10H,1-3H3. The molecular formula is C29H16B8N2O. The highest BCUT2D eigenvalue weighted by Gasteiger charge is 2.34. The van der Waals surface area contributed by atoms with Crippen LogP contribution in [0.3, 0.4) is 0 Å². The van der Waals surface area contributed by atoms with Gasteiger partial charge in [-0.05, 0) is 46.9 Å². The molecule has 2 aromatic heterocycles. The van der Waals surface area contributed by atoms with Gasteiger partial charge in [-0.2, -0.15) is 5.26 Å². The van der Waals surface area contributed by atoms with E-state index in [1.54, 1.807) is 18.2 Å². The lowest BCUT2D eigenvalue weighted by molar-refractivity contribution is 0.358. The van der Waals surface area contributed by atoms with Crippen molar-refractivity contribution in [3.8, 4) is 28.5 Å². The number of rotatable bonds is 3. The Balaban J connectivity index is 1.86. The summed E-state index contributed by atoms with van der Waals surface area (Å²) < 4.78 is 6.50. The van der Waals surface area contributed by atoms with Gasteiger partial charge in [0.15, 0.2) is 0 Å². The smallest absolute Gasteiger partial charge is 0.144 e. The molecule has 0 amide bonds. The second-order valence-corrected chi connectivity index (χ2v) is 11.0. The van der Waals surface area contributed by atoms with Crippen molar-refractivity contribution in [3.05, 3.63) is 53.6 Å². The highest BCUT2D eigenvalue weighted by Crippen LogP contribution is 2.41. The fourth-order valence-electron chi connectivity index (χ4n) is 4.89. The van der Waals surface area contributed by atoms with Gasteiger partial charge in [0, 0.05) is 21.9 Å². The van der Waals surface area contributed by atoms with Crippen LogP contribution in [-0.2, 0) is 5.21 Å². The van der Waals surface area contributed by atoms with Crippen LogP contribution in [0.4, 0.5) is 0 Å². The molecule has 5 rings (SSSR count). The van der Waals surface area contributed by atoms with E-state index in [-0.39, 0.29) is 44.0 Å². The molecule has 0 aliphatic rings. The van der Waals surface area contributed by atoms with E-state index >= 15 is 0 Å². The molecule has 0 fully saturated rings. The lowest BCUT2D eigenvalue weighted by atomic mass is 9.41. The lowest BCUT2D eigenvalue weighted by Gasteiger charge is -2.41. The third-order valence-corrected chi connectivity index (χ3v) is 7.58. The average Bonchev–Trinajstić information content (AvgIpc) is 3.29. The molecule has 0 spiro atoms. The highest BCUT2D eigenvalue weighted by molar-refractivity contribution is 6.69. The number of para-hydroxylation sites is 1. The van der Waals surface area contributed by atoms with E-state index in [0.717, 1.165) is 5.39 Å². The van der Waals surface area contributed by atoms with Crippen molar-refractivity contribution in [2.45, 2.75) is 26.0 Å². The molecule has 172 valence electrons. The van der Waals surface area contributed by atoms with Gasteiger partial charge in [-0.15, -0.1) is 16.4 Å². The van der Waals surface area contributed by atoms with Crippen molar-refractivity contribution >= 4 is 118 Å². The van der Waals surface area contributed by atoms with Crippen LogP contribution in [0.25, 0.3) is 44.3 Å². The number of aromatic nitrogens is 1. The molecule has 0 bridgehead atoms. The van der Waals surface area contributed by atoms with E-state index in [4.69, 9.17) is 67.2 Å². The number of nitrogens with zero attached hydrogens (tertiary/aromatic N) is 2. The Morgan fingerprint density at radius 2 is 1.35 bits per heavy atom. The van der Waals surface area contributed by atoms with Gasteiger partial charge < -0.3 is 4.42 Å². The van der Waals surface area contributed by atoms with Crippen molar-refractivity contribution in [2.24, 2.45) is 5.41 Å². The summed E-state index contributed by atoms with van der Waals surface area (Å²) in [6.07, 6.45) is 0. The fraction of sp³-hybridized carbons (Fsp3) is 0.172. The molecule has 0 aliphatic carbocycles. The summed E-state index contributed by atoms with van der Waals surface area (Å²) >= 11 is 0. The zero-order valence-corrected chi connectivity index (χ0v) is 22.5. The first-order valence-electron chi connectivity index (χ1n) is 12.4. The number of furan rings is 1. The van der Waals surface area contributed by atoms with E-state index in [9.17, 15) is 5.26 Å². The predicted octanol–water partition coefficient (Wildman–Crippen LogP) is -0.515. The maximum atomic E-state index is 10.0. The van der Waals surface area contributed by atoms with Crippen LogP contribution in [0.1, 0.15) is 31.9 Å². The number of fused-ring (bicyclic) bond motifs is 3. The Labute approximate surface area is 245 Å². The van der Waals surface area contributed by atoms with Crippen molar-refractivity contribution in [2.75, 3.05) is 0 Å². The summed E-state index contributed by atoms with van der Waals surface area (Å²) in [5, 5.41) is 10.3. The van der Waals surface area contributed by atoms with Crippen molar-refractivity contribution in [1.29, 1.82) is 5.26 Å². The number of hydrogen-bond acceptors (Lipinski definition) is 3. The first-order valence-corrected chi connectivity index (χ1v) is 12.4. The second kappa shape index (κ2) is 9.62. The van der Waals surface area contributed by atoms with Crippen LogP contribution < -0.4 is 32.9 Å². The Kier molecular flexibility index (Phi) is 6.77. The molecule has 0 atom stereocenters. The average molecular weight is 495 g/mol. The molecule has 5 aromatic rings. The van der Waals surface area contributed by atoms with E-state index < -0.39 is 10.6 Å². The van der Waals surface area contributed by atoms with E-state index in [1.165, 1.54) is 0 Å². The number of benzene rings is 3. The second-order valence-electron chi connectivity index (χ2n) is 11.0. The maximum absolute atomic E-state index is 10.0. The summed E-state index contributed by atoms with van der Waals surface area (Å²) in [6, 6.07) is 14.8. The normalized spacial score (nSPS) is 12.2. The topological polar surface area (TPSA) is 49.8 Å². The van der Waals surface area contributed by atoms with Gasteiger partial charge in [-0.3, -0.25) is 4.98 Å². The summed E-state index contributed by atoms with van der Waals surface area (Å²) in [5.74, 6) is 0. The summed E-state index contributed by atoms with van der Waals surface area (Å²) in [6.45, 7) is 5.85. The van der Waals surface area contributed by atoms with Gasteiger partial charge in [0.25, 0.3) is 0 Å². The SMILES string of the molecule is [B]c1cc(C([B])([B])C(C)(C)C)cc(-c2cccc3c2oc2c(-c4c([B])c([B])c([B])c([B])c4[B])c(C#N)ccc23)n1. The Hall–Kier alpha value is -3.38. The van der Waals surface area contributed by atoms with Gasteiger partial charge in [0.2, 0.25) is 0 Å². The highest BCUT2D eigenvalue weighted by atomic mass is 16.3. The van der Waals surface area contributed by atoms with E-state index in [2.05, 4.69) is 11.1 Å². The molecule has 11 heteroatoms. The van der Waals surface area contributed by atoms with E-state index in [1.807, 2.05) is 45.0 Å². The summed E-state index contributed by atoms with van der Waals surface area (Å²) in [5.41, 5.74) is 3.74. The molecule has 3 nitrogen and oxygen atoms in total. The Morgan fingerprint density at radius 1 is 0.750 bits per heavy atom. The number of hydrogen-bond donors (Lipinski definition) is 0. The number of nitriles is 1. The van der Waals surface area contributed by atoms with Crippen LogP contribution in [-0.4, -0.2) is 67.8 Å². The minimum atomic E-state index is -1.19. The lowest BCUT2D eigenvalue weighted by Crippen LogP contribution is -2.55. The third-order valence-electron chi connectivity index (χ3n) is 7.58. The largest absolute Gasteiger partial charge is 0.455 e. The Bertz CT molecular complexity index is 1870. The minimum Gasteiger partial charge on any atom is -0.455 e. The van der Waals surface area contributed by atoms with E-state index in [0.29, 0.717) is 38.9 Å². The maximum Gasteiger partial charge on any atom is 0.144 e. The van der Waals surface area contributed by atoms with Crippen molar-refractivity contribution < 1.29 is 4.42 Å². The van der Waals surface area contributed by atoms with Gasteiger partial charge in [0.1, 0.15) is 58.2 Å². The molecule has 0 N–H and O–H groups in total. The van der Waals surface area contributed by atoms with Crippen LogP contribution in [0.2, 0.25) is 0 Å². The molecule has 0 saturated carbocycles. The zero-order valence-electron chi connectivity index (χ0n) is 22.5. The first kappa shape index (κ1) is 28.2. The van der Waals surface area contributed by atoms with Gasteiger partial charge in [0.05, 0.1) is 33.0 Å². The van der Waals surface area contributed by atoms with Crippen LogP contribution in [0, 0.1) is 16.7 Å². The van der Waals surface area contributed by atoms with Crippen LogP contribution in [0.5, 0.6) is 0 Å². The quantitative estimate of drug-likeness (QED) is 0.317. The predicted molar refractivity (Wildman–Crippen MR) is 172 cm³/mol.